The maximum atomic E-state index is 13.2. The van der Waals surface area contributed by atoms with Gasteiger partial charge in [-0.1, -0.05) is 23.2 Å². The van der Waals surface area contributed by atoms with Crippen LogP contribution in [0.25, 0.3) is 10.9 Å². The summed E-state index contributed by atoms with van der Waals surface area (Å²) in [6.07, 6.45) is -7.57. The molecule has 0 amide bonds. The molecule has 2 aromatic carbocycles. The van der Waals surface area contributed by atoms with Crippen molar-refractivity contribution < 1.29 is 28.1 Å². The van der Waals surface area contributed by atoms with Gasteiger partial charge in [0.25, 0.3) is 0 Å². The van der Waals surface area contributed by atoms with E-state index in [0.717, 1.165) is 5.01 Å². The second-order valence-corrected chi connectivity index (χ2v) is 8.94. The van der Waals surface area contributed by atoms with Crippen LogP contribution in [0.1, 0.15) is 11.3 Å². The van der Waals surface area contributed by atoms with Crippen LogP contribution in [-0.2, 0) is 6.18 Å². The SMILES string of the molecule is Cc1c(Cl)c(C(F)(F)F)nc2ccc(Oc3c(Cl)cc(N4N=C(C#N)C(O)NC4O)cc3Br)cc12. The van der Waals surface area contributed by atoms with Crippen LogP contribution >= 0.6 is 39.1 Å². The Hall–Kier alpha value is -2.66. The van der Waals surface area contributed by atoms with Gasteiger partial charge in [-0.2, -0.15) is 23.5 Å². The van der Waals surface area contributed by atoms with Crippen LogP contribution in [0.4, 0.5) is 18.9 Å². The number of nitrogens with zero attached hydrogens (tertiary/aromatic N) is 4. The highest BCUT2D eigenvalue weighted by Gasteiger charge is 2.36. The summed E-state index contributed by atoms with van der Waals surface area (Å²) < 4.78 is 45.9. The zero-order chi connectivity index (χ0) is 25.7. The second kappa shape index (κ2) is 9.42. The van der Waals surface area contributed by atoms with E-state index in [0.29, 0.717) is 9.86 Å². The fourth-order valence-corrected chi connectivity index (χ4v) is 4.47. The number of benzene rings is 2. The number of aliphatic hydroxyl groups is 2. The first-order chi connectivity index (χ1) is 16.4. The first-order valence-corrected chi connectivity index (χ1v) is 11.2. The quantitative estimate of drug-likeness (QED) is 0.379. The topological polar surface area (TPSA) is 114 Å². The van der Waals surface area contributed by atoms with Crippen molar-refractivity contribution in [3.8, 4) is 17.6 Å². The number of halogens is 6. The molecule has 35 heavy (non-hydrogen) atoms. The van der Waals surface area contributed by atoms with E-state index in [1.165, 1.54) is 37.3 Å². The summed E-state index contributed by atoms with van der Waals surface area (Å²) in [4.78, 5) is 3.64. The summed E-state index contributed by atoms with van der Waals surface area (Å²) >= 11 is 15.6. The van der Waals surface area contributed by atoms with Crippen molar-refractivity contribution in [1.29, 1.82) is 5.26 Å². The average molecular weight is 591 g/mol. The van der Waals surface area contributed by atoms with Gasteiger partial charge in [0, 0.05) is 5.39 Å². The number of fused-ring (bicyclic) bond motifs is 1. The van der Waals surface area contributed by atoms with Gasteiger partial charge in [0.2, 0.25) is 6.35 Å². The first-order valence-electron chi connectivity index (χ1n) is 9.64. The van der Waals surface area contributed by atoms with Gasteiger partial charge in [0.05, 0.1) is 25.7 Å². The first kappa shape index (κ1) is 25.4. The van der Waals surface area contributed by atoms with E-state index in [2.05, 4.69) is 31.3 Å². The molecule has 1 aliphatic heterocycles. The lowest BCUT2D eigenvalue weighted by molar-refractivity contribution is -0.140. The standard InChI is InChI=1S/C21H13BrCl2F3N5O3/c1-8-11-6-10(2-3-14(11)29-18(16(8)24)21(25,26)27)35-17-12(22)4-9(5-13(17)23)32-20(34)30-19(33)15(7-28)31-32/h2-6,19-20,30,33-34H,1H3. The molecule has 8 nitrogen and oxygen atoms in total. The minimum absolute atomic E-state index is 0.0850. The number of anilines is 1. The Kier molecular flexibility index (Phi) is 6.85. The normalized spacial score (nSPS) is 18.4. The number of nitriles is 1. The molecule has 1 aliphatic rings. The Balaban J connectivity index is 1.69. The fourth-order valence-electron chi connectivity index (χ4n) is 3.32. The summed E-state index contributed by atoms with van der Waals surface area (Å²) in [6, 6.07) is 8.93. The maximum Gasteiger partial charge on any atom is 0.434 e. The average Bonchev–Trinajstić information content (AvgIpc) is 2.78. The molecule has 0 saturated carbocycles. The van der Waals surface area contributed by atoms with Gasteiger partial charge in [-0.3, -0.25) is 0 Å². The largest absolute Gasteiger partial charge is 0.455 e. The van der Waals surface area contributed by atoms with Gasteiger partial charge >= 0.3 is 6.18 Å². The Morgan fingerprint density at radius 1 is 1.23 bits per heavy atom. The third-order valence-corrected chi connectivity index (χ3v) is 6.34. The zero-order valence-corrected chi connectivity index (χ0v) is 20.5. The van der Waals surface area contributed by atoms with Crippen LogP contribution in [0.2, 0.25) is 10.0 Å². The highest BCUT2D eigenvalue weighted by atomic mass is 79.9. The molecule has 0 aliphatic carbocycles. The molecule has 2 heterocycles. The smallest absolute Gasteiger partial charge is 0.434 e. The number of aliphatic hydroxyl groups excluding tert-OH is 2. The summed E-state index contributed by atoms with van der Waals surface area (Å²) in [5.41, 5.74) is -0.889. The van der Waals surface area contributed by atoms with Crippen molar-refractivity contribution >= 4 is 61.4 Å². The number of pyridine rings is 1. The molecule has 0 radical (unpaired) electrons. The Labute approximate surface area is 214 Å². The Morgan fingerprint density at radius 2 is 1.94 bits per heavy atom. The van der Waals surface area contributed by atoms with Crippen LogP contribution in [-0.4, -0.2) is 33.5 Å². The molecule has 0 fully saturated rings. The molecule has 3 aromatic rings. The molecule has 2 atom stereocenters. The van der Waals surface area contributed by atoms with E-state index in [1.807, 2.05) is 0 Å². The number of rotatable bonds is 3. The van der Waals surface area contributed by atoms with E-state index in [4.69, 9.17) is 33.2 Å². The minimum atomic E-state index is -4.70. The third-order valence-electron chi connectivity index (χ3n) is 5.01. The third kappa shape index (κ3) is 4.88. The van der Waals surface area contributed by atoms with E-state index in [-0.39, 0.29) is 39.0 Å². The number of hydrogen-bond donors (Lipinski definition) is 3. The highest BCUT2D eigenvalue weighted by Crippen LogP contribution is 2.42. The molecule has 4 rings (SSSR count). The van der Waals surface area contributed by atoms with Crippen molar-refractivity contribution in [3.63, 3.8) is 0 Å². The van der Waals surface area contributed by atoms with Crippen molar-refractivity contribution in [2.24, 2.45) is 5.10 Å². The molecule has 3 N–H and O–H groups in total. The summed E-state index contributed by atoms with van der Waals surface area (Å²) in [6.45, 7) is 1.45. The maximum absolute atomic E-state index is 13.2. The monoisotopic (exact) mass is 589 g/mol. The lowest BCUT2D eigenvalue weighted by Gasteiger charge is -2.32. The molecule has 14 heteroatoms. The molecular weight excluding hydrogens is 578 g/mol. The van der Waals surface area contributed by atoms with Gasteiger partial charge in [-0.05, 0) is 58.7 Å². The summed E-state index contributed by atoms with van der Waals surface area (Å²) in [7, 11) is 0. The fraction of sp³-hybridized carbons (Fsp3) is 0.190. The van der Waals surface area contributed by atoms with Gasteiger partial charge in [-0.25, -0.2) is 15.3 Å². The number of alkyl halides is 3. The van der Waals surface area contributed by atoms with Gasteiger partial charge in [-0.15, -0.1) is 0 Å². The predicted molar refractivity (Wildman–Crippen MR) is 126 cm³/mol. The molecule has 2 unspecified atom stereocenters. The molecule has 182 valence electrons. The second-order valence-electron chi connectivity index (χ2n) is 7.30. The van der Waals surface area contributed by atoms with Crippen LogP contribution in [0.3, 0.4) is 0 Å². The molecule has 0 saturated heterocycles. The van der Waals surface area contributed by atoms with E-state index < -0.39 is 29.5 Å². The van der Waals surface area contributed by atoms with Crippen molar-refractivity contribution in [2.45, 2.75) is 25.7 Å². The molecular formula is C21H13BrCl2F3N5O3. The van der Waals surface area contributed by atoms with Gasteiger partial charge < -0.3 is 14.9 Å². The van der Waals surface area contributed by atoms with Crippen LogP contribution < -0.4 is 15.1 Å². The van der Waals surface area contributed by atoms with E-state index in [1.54, 1.807) is 6.07 Å². The van der Waals surface area contributed by atoms with Crippen LogP contribution in [0.5, 0.6) is 11.5 Å². The predicted octanol–water partition coefficient (Wildman–Crippen LogP) is 5.31. The highest BCUT2D eigenvalue weighted by molar-refractivity contribution is 9.10. The zero-order valence-electron chi connectivity index (χ0n) is 17.4. The van der Waals surface area contributed by atoms with Crippen LogP contribution in [0.15, 0.2) is 39.9 Å². The molecule has 1 aromatic heterocycles. The number of hydrogen-bond acceptors (Lipinski definition) is 8. The van der Waals surface area contributed by atoms with Gasteiger partial charge in [0.15, 0.2) is 23.4 Å². The number of aromatic nitrogens is 1. The molecule has 0 bridgehead atoms. The van der Waals surface area contributed by atoms with Crippen molar-refractivity contribution in [3.05, 3.63) is 56.1 Å². The number of nitrogens with one attached hydrogen (secondary N) is 1. The van der Waals surface area contributed by atoms with E-state index in [9.17, 15) is 23.4 Å². The lowest BCUT2D eigenvalue weighted by Crippen LogP contribution is -2.55. The number of ether oxygens (including phenoxy) is 1. The Bertz CT molecular complexity index is 1390. The lowest BCUT2D eigenvalue weighted by atomic mass is 10.1. The van der Waals surface area contributed by atoms with Gasteiger partial charge in [0.1, 0.15) is 11.8 Å². The number of hydrazone groups is 1. The van der Waals surface area contributed by atoms with Crippen molar-refractivity contribution in [1.82, 2.24) is 10.3 Å². The minimum Gasteiger partial charge on any atom is -0.455 e. The summed E-state index contributed by atoms with van der Waals surface area (Å²) in [5, 5.41) is 36.2. The van der Waals surface area contributed by atoms with Crippen molar-refractivity contribution in [2.75, 3.05) is 5.01 Å². The molecule has 0 spiro atoms. The number of aryl methyl sites for hydroxylation is 1. The Morgan fingerprint density at radius 3 is 2.57 bits per heavy atom. The van der Waals surface area contributed by atoms with Crippen LogP contribution in [0, 0.1) is 18.3 Å². The van der Waals surface area contributed by atoms with E-state index >= 15 is 0 Å². The summed E-state index contributed by atoms with van der Waals surface area (Å²) in [5.74, 6) is 0.420.